The Bertz CT molecular complexity index is 800. The number of rotatable bonds is 3. The van der Waals surface area contributed by atoms with Gasteiger partial charge in [-0.1, -0.05) is 34.1 Å². The maximum Gasteiger partial charge on any atom is 0.265 e. The van der Waals surface area contributed by atoms with Gasteiger partial charge in [-0.25, -0.2) is 5.84 Å². The first kappa shape index (κ1) is 18.4. The van der Waals surface area contributed by atoms with Gasteiger partial charge in [0.1, 0.15) is 11.4 Å². The van der Waals surface area contributed by atoms with Gasteiger partial charge in [-0.3, -0.25) is 25.0 Å². The molecule has 0 saturated heterocycles. The van der Waals surface area contributed by atoms with Crippen molar-refractivity contribution in [3.8, 4) is 0 Å². The first-order valence-electron chi connectivity index (χ1n) is 7.25. The van der Waals surface area contributed by atoms with E-state index in [0.29, 0.717) is 17.0 Å². The molecule has 3 N–H and O–H groups in total. The molecule has 25 heavy (non-hydrogen) atoms. The summed E-state index contributed by atoms with van der Waals surface area (Å²) >= 11 is 3.24. The number of amides is 1. The van der Waals surface area contributed by atoms with Crippen molar-refractivity contribution < 1.29 is 9.59 Å². The van der Waals surface area contributed by atoms with Crippen LogP contribution in [0, 0.1) is 0 Å². The number of hydrogen-bond acceptors (Lipinski definition) is 5. The highest BCUT2D eigenvalue weighted by atomic mass is 79.9. The number of halogens is 1. The Morgan fingerprint density at radius 3 is 1.92 bits per heavy atom. The predicted octanol–water partition coefficient (Wildman–Crippen LogP) is 2.76. The lowest BCUT2D eigenvalue weighted by atomic mass is 10.2. The van der Waals surface area contributed by atoms with Crippen LogP contribution in [0.25, 0.3) is 0 Å². The lowest BCUT2D eigenvalue weighted by molar-refractivity contribution is 0.0953. The van der Waals surface area contributed by atoms with Gasteiger partial charge in [-0.2, -0.15) is 0 Å². The second-order valence-electron chi connectivity index (χ2n) is 4.74. The number of carbonyl (C=O) groups is 2. The van der Waals surface area contributed by atoms with Gasteiger partial charge >= 0.3 is 0 Å². The van der Waals surface area contributed by atoms with Gasteiger partial charge in [0, 0.05) is 22.4 Å². The number of benzene rings is 1. The molecule has 0 aliphatic heterocycles. The summed E-state index contributed by atoms with van der Waals surface area (Å²) < 4.78 is 0.860. The van der Waals surface area contributed by atoms with Crippen LogP contribution in [0.3, 0.4) is 0 Å². The van der Waals surface area contributed by atoms with Crippen molar-refractivity contribution in [3.63, 3.8) is 0 Å². The van der Waals surface area contributed by atoms with E-state index >= 15 is 0 Å². The second-order valence-corrected chi connectivity index (χ2v) is 5.66. The van der Waals surface area contributed by atoms with Gasteiger partial charge in [-0.05, 0) is 42.5 Å². The molecule has 3 aromatic rings. The van der Waals surface area contributed by atoms with Crippen molar-refractivity contribution in [2.24, 2.45) is 5.84 Å². The number of nitrogens with two attached hydrogens (primary N) is 1. The van der Waals surface area contributed by atoms with E-state index in [1.54, 1.807) is 67.0 Å². The summed E-state index contributed by atoms with van der Waals surface area (Å²) in [6.45, 7) is 0. The Hall–Kier alpha value is -2.90. The molecule has 1 aromatic carbocycles. The second kappa shape index (κ2) is 9.41. The highest BCUT2D eigenvalue weighted by Gasteiger charge is 2.09. The van der Waals surface area contributed by atoms with Crippen molar-refractivity contribution in [1.82, 2.24) is 15.4 Å². The smallest absolute Gasteiger partial charge is 0.265 e. The highest BCUT2D eigenvalue weighted by molar-refractivity contribution is 9.10. The van der Waals surface area contributed by atoms with E-state index in [9.17, 15) is 9.59 Å². The summed E-state index contributed by atoms with van der Waals surface area (Å²) in [7, 11) is 0. The van der Waals surface area contributed by atoms with Crippen LogP contribution in [0.1, 0.15) is 26.5 Å². The summed E-state index contributed by atoms with van der Waals surface area (Å²) in [5, 5.41) is 0. The third kappa shape index (κ3) is 5.59. The topological polar surface area (TPSA) is 98.0 Å². The van der Waals surface area contributed by atoms with Crippen LogP contribution in [0.15, 0.2) is 77.5 Å². The number of nitrogens with zero attached hydrogens (tertiary/aromatic N) is 2. The first-order chi connectivity index (χ1) is 12.1. The number of nitrogens with one attached hydrogen (secondary N) is 1. The van der Waals surface area contributed by atoms with E-state index in [0.717, 1.165) is 4.47 Å². The van der Waals surface area contributed by atoms with E-state index in [4.69, 9.17) is 5.84 Å². The maximum absolute atomic E-state index is 11.7. The van der Waals surface area contributed by atoms with E-state index in [1.807, 2.05) is 11.5 Å². The molecule has 0 bridgehead atoms. The van der Waals surface area contributed by atoms with Gasteiger partial charge in [-0.15, -0.1) is 0 Å². The molecule has 7 heteroatoms. The number of pyridine rings is 2. The molecule has 0 aliphatic carbocycles. The number of ketones is 1. The fraction of sp³-hybridized carbons (Fsp3) is 0. The summed E-state index contributed by atoms with van der Waals surface area (Å²) in [5.74, 6) is 4.51. The molecule has 2 heterocycles. The van der Waals surface area contributed by atoms with Crippen molar-refractivity contribution in [3.05, 3.63) is 94.5 Å². The summed E-state index contributed by atoms with van der Waals surface area (Å²) in [5.41, 5.74) is 3.44. The molecule has 0 saturated carbocycles. The lowest BCUT2D eigenvalue weighted by Crippen LogP contribution is -2.29. The minimum Gasteiger partial charge on any atom is -0.290 e. The van der Waals surface area contributed by atoms with E-state index in [1.165, 1.54) is 0 Å². The van der Waals surface area contributed by atoms with Crippen LogP contribution in [0.4, 0.5) is 0 Å². The SMILES string of the molecule is NNC(=O)c1cccc(Br)c1.O=C(c1ccccn1)c1ccccn1. The Kier molecular flexibility index (Phi) is 6.94. The number of hydrazine groups is 1. The standard InChI is InChI=1S/C11H8N2O.C7H7BrN2O/c14-11(9-5-1-3-7-12-9)10-6-2-4-8-13-10;8-6-3-1-2-5(4-6)7(11)10-9/h1-8H;1-4H,9H2,(H,10,11). The molecule has 0 fully saturated rings. The molecule has 2 aromatic heterocycles. The molecular formula is C18H15BrN4O2. The number of carbonyl (C=O) groups excluding carboxylic acids is 2. The average Bonchev–Trinajstić information content (AvgIpc) is 2.68. The average molecular weight is 399 g/mol. The van der Waals surface area contributed by atoms with Gasteiger partial charge < -0.3 is 0 Å². The Labute approximate surface area is 153 Å². The van der Waals surface area contributed by atoms with Crippen LogP contribution in [-0.2, 0) is 0 Å². The maximum atomic E-state index is 11.7. The zero-order chi connectivity index (χ0) is 18.1. The fourth-order valence-corrected chi connectivity index (χ4v) is 2.24. The van der Waals surface area contributed by atoms with E-state index < -0.39 is 0 Å². The normalized spacial score (nSPS) is 9.52. The van der Waals surface area contributed by atoms with Crippen LogP contribution >= 0.6 is 15.9 Å². The van der Waals surface area contributed by atoms with Crippen LogP contribution < -0.4 is 11.3 Å². The van der Waals surface area contributed by atoms with Crippen LogP contribution in [-0.4, -0.2) is 21.7 Å². The molecule has 0 unspecified atom stereocenters. The molecule has 3 rings (SSSR count). The third-order valence-corrected chi connectivity index (χ3v) is 3.51. The highest BCUT2D eigenvalue weighted by Crippen LogP contribution is 2.10. The number of hydrogen-bond donors (Lipinski definition) is 2. The van der Waals surface area contributed by atoms with E-state index in [2.05, 4.69) is 25.9 Å². The summed E-state index contributed by atoms with van der Waals surface area (Å²) in [4.78, 5) is 30.6. The van der Waals surface area contributed by atoms with Gasteiger partial charge in [0.2, 0.25) is 5.78 Å². The lowest BCUT2D eigenvalue weighted by Gasteiger charge is -1.98. The van der Waals surface area contributed by atoms with Crippen molar-refractivity contribution in [1.29, 1.82) is 0 Å². The van der Waals surface area contributed by atoms with E-state index in [-0.39, 0.29) is 11.7 Å². The van der Waals surface area contributed by atoms with Gasteiger partial charge in [0.05, 0.1) is 0 Å². The molecule has 6 nitrogen and oxygen atoms in total. The minimum absolute atomic E-state index is 0.147. The van der Waals surface area contributed by atoms with Crippen LogP contribution in [0.5, 0.6) is 0 Å². The first-order valence-corrected chi connectivity index (χ1v) is 8.04. The van der Waals surface area contributed by atoms with Crippen LogP contribution in [0.2, 0.25) is 0 Å². The van der Waals surface area contributed by atoms with Gasteiger partial charge in [0.15, 0.2) is 0 Å². The van der Waals surface area contributed by atoms with Crippen molar-refractivity contribution >= 4 is 27.6 Å². The quantitative estimate of drug-likeness (QED) is 0.306. The number of nitrogen functional groups attached to an aromatic ring is 1. The molecule has 126 valence electrons. The Morgan fingerprint density at radius 1 is 0.880 bits per heavy atom. The zero-order valence-electron chi connectivity index (χ0n) is 13.1. The molecule has 0 spiro atoms. The van der Waals surface area contributed by atoms with Gasteiger partial charge in [0.25, 0.3) is 5.91 Å². The molecule has 0 aliphatic rings. The predicted molar refractivity (Wildman–Crippen MR) is 97.7 cm³/mol. The monoisotopic (exact) mass is 398 g/mol. The van der Waals surface area contributed by atoms with Crippen molar-refractivity contribution in [2.75, 3.05) is 0 Å². The summed E-state index contributed by atoms with van der Waals surface area (Å²) in [6.07, 6.45) is 3.19. The Balaban J connectivity index is 0.000000186. The molecular weight excluding hydrogens is 384 g/mol. The number of aromatic nitrogens is 2. The Morgan fingerprint density at radius 2 is 1.48 bits per heavy atom. The largest absolute Gasteiger partial charge is 0.290 e. The fourth-order valence-electron chi connectivity index (χ4n) is 1.84. The minimum atomic E-state index is -0.286. The van der Waals surface area contributed by atoms with Crippen molar-refractivity contribution in [2.45, 2.75) is 0 Å². The molecule has 1 amide bonds. The molecule has 0 radical (unpaired) electrons. The molecule has 0 atom stereocenters. The summed E-state index contributed by atoms with van der Waals surface area (Å²) in [6, 6.07) is 17.5. The third-order valence-electron chi connectivity index (χ3n) is 3.01. The zero-order valence-corrected chi connectivity index (χ0v) is 14.7.